The lowest BCUT2D eigenvalue weighted by Gasteiger charge is -2.06. The molecule has 2 N–H and O–H groups in total. The van der Waals surface area contributed by atoms with Crippen LogP contribution in [0.25, 0.3) is 10.9 Å². The number of benzene rings is 3. The number of H-pyrrole nitrogens is 1. The fraction of sp³-hybridized carbons (Fsp3) is 0.0800. The van der Waals surface area contributed by atoms with Gasteiger partial charge in [0.15, 0.2) is 0 Å². The number of nitrogens with one attached hydrogen (secondary N) is 2. The van der Waals surface area contributed by atoms with Crippen molar-refractivity contribution in [2.75, 3.05) is 0 Å². The fourth-order valence-electron chi connectivity index (χ4n) is 3.30. The van der Waals surface area contributed by atoms with Gasteiger partial charge >= 0.3 is 12.4 Å². The number of aromatic amines is 1. The topological polar surface area (TPSA) is 69.6 Å². The summed E-state index contributed by atoms with van der Waals surface area (Å²) in [5.41, 5.74) is 2.30. The van der Waals surface area contributed by atoms with Crippen LogP contribution in [0.3, 0.4) is 0 Å². The Morgan fingerprint density at radius 1 is 0.750 bits per heavy atom. The van der Waals surface area contributed by atoms with E-state index in [0.717, 1.165) is 24.3 Å². The molecule has 5 nitrogen and oxygen atoms in total. The maximum Gasteiger partial charge on any atom is 0.416 e. The van der Waals surface area contributed by atoms with Gasteiger partial charge < -0.3 is 4.98 Å². The molecule has 0 fully saturated rings. The smallest absolute Gasteiger partial charge is 0.349 e. The summed E-state index contributed by atoms with van der Waals surface area (Å²) in [6, 6.07) is 15.5. The van der Waals surface area contributed by atoms with Crippen LogP contribution >= 0.6 is 0 Å². The molecular weight excluding hydrogens is 486 g/mol. The van der Waals surface area contributed by atoms with Gasteiger partial charge in [-0.2, -0.15) is 31.4 Å². The summed E-state index contributed by atoms with van der Waals surface area (Å²) < 4.78 is 76.4. The summed E-state index contributed by atoms with van der Waals surface area (Å²) >= 11 is 0. The molecular formula is C25H16F6N4O. The van der Waals surface area contributed by atoms with E-state index in [-0.39, 0.29) is 11.4 Å². The van der Waals surface area contributed by atoms with E-state index >= 15 is 0 Å². The molecule has 1 heterocycles. The zero-order valence-corrected chi connectivity index (χ0v) is 18.2. The van der Waals surface area contributed by atoms with Crippen molar-refractivity contribution >= 4 is 34.9 Å². The largest absolute Gasteiger partial charge is 0.416 e. The number of fused-ring (bicyclic) bond motifs is 1. The number of halogens is 6. The van der Waals surface area contributed by atoms with E-state index in [1.165, 1.54) is 36.7 Å². The van der Waals surface area contributed by atoms with Gasteiger partial charge in [-0.15, -0.1) is 0 Å². The molecule has 0 unspecified atom stereocenters. The van der Waals surface area contributed by atoms with Crippen LogP contribution < -0.4 is 5.43 Å². The van der Waals surface area contributed by atoms with Gasteiger partial charge in [0.2, 0.25) is 0 Å². The van der Waals surface area contributed by atoms with Crippen LogP contribution in [0.1, 0.15) is 32.7 Å². The first kappa shape index (κ1) is 24.7. The van der Waals surface area contributed by atoms with Crippen molar-refractivity contribution in [1.29, 1.82) is 0 Å². The second kappa shape index (κ2) is 9.68. The minimum absolute atomic E-state index is 0.0453. The Bertz CT molecular complexity index is 1430. The number of para-hydroxylation sites is 1. The maximum absolute atomic E-state index is 12.8. The first-order valence-corrected chi connectivity index (χ1v) is 10.3. The minimum atomic E-state index is -4.46. The van der Waals surface area contributed by atoms with Crippen molar-refractivity contribution in [2.45, 2.75) is 12.4 Å². The summed E-state index contributed by atoms with van der Waals surface area (Å²) in [6.45, 7) is 0. The van der Waals surface area contributed by atoms with E-state index in [2.05, 4.69) is 20.5 Å². The molecule has 4 rings (SSSR count). The van der Waals surface area contributed by atoms with Crippen LogP contribution in [-0.4, -0.2) is 23.3 Å². The van der Waals surface area contributed by atoms with Gasteiger partial charge in [0.1, 0.15) is 11.4 Å². The second-order valence-electron chi connectivity index (χ2n) is 7.59. The van der Waals surface area contributed by atoms with Gasteiger partial charge in [0.25, 0.3) is 5.91 Å². The molecule has 0 aliphatic carbocycles. The average Bonchev–Trinajstić information content (AvgIpc) is 3.21. The average molecular weight is 502 g/mol. The highest BCUT2D eigenvalue weighted by Crippen LogP contribution is 2.32. The summed E-state index contributed by atoms with van der Waals surface area (Å²) in [7, 11) is 0. The predicted molar refractivity (Wildman–Crippen MR) is 124 cm³/mol. The molecule has 36 heavy (non-hydrogen) atoms. The Balaban J connectivity index is 1.55. The van der Waals surface area contributed by atoms with Crippen LogP contribution in [-0.2, 0) is 12.4 Å². The molecule has 4 aromatic rings. The van der Waals surface area contributed by atoms with Crippen molar-refractivity contribution < 1.29 is 31.1 Å². The van der Waals surface area contributed by atoms with E-state index in [0.29, 0.717) is 22.0 Å². The third-order valence-corrected chi connectivity index (χ3v) is 5.10. The number of aliphatic imine (C=N–C) groups is 1. The molecule has 0 spiro atoms. The molecule has 3 aromatic carbocycles. The summed E-state index contributed by atoms with van der Waals surface area (Å²) in [4.78, 5) is 20.0. The minimum Gasteiger partial charge on any atom is -0.349 e. The van der Waals surface area contributed by atoms with Gasteiger partial charge in [-0.25, -0.2) is 5.43 Å². The molecule has 11 heteroatoms. The van der Waals surface area contributed by atoms with E-state index in [4.69, 9.17) is 0 Å². The van der Waals surface area contributed by atoms with Gasteiger partial charge in [-0.3, -0.25) is 9.79 Å². The predicted octanol–water partition coefficient (Wildman–Crippen LogP) is 6.72. The SMILES string of the molecule is O=C(N/N=C/c1ccc(C(F)(F)F)cc1)c1[nH]c2ccccc2c1N=Cc1ccc(C(F)(F)F)cc1. The number of hydrazone groups is 1. The fourth-order valence-corrected chi connectivity index (χ4v) is 3.30. The van der Waals surface area contributed by atoms with Crippen molar-refractivity contribution in [3.05, 3.63) is 101 Å². The van der Waals surface area contributed by atoms with Crippen LogP contribution in [0, 0.1) is 0 Å². The van der Waals surface area contributed by atoms with Crippen LogP contribution in [0.15, 0.2) is 82.9 Å². The van der Waals surface area contributed by atoms with Crippen molar-refractivity contribution in [2.24, 2.45) is 10.1 Å². The first-order chi connectivity index (χ1) is 17.0. The maximum atomic E-state index is 12.8. The standard InChI is InChI=1S/C25H16F6N4O/c26-24(27,28)17-9-5-15(6-10-17)13-32-21-19-3-1-2-4-20(19)34-22(21)23(36)35-33-14-16-7-11-18(12-8-16)25(29,30)31/h1-14,34H,(H,35,36)/b32-13?,33-14+. The number of hydrogen-bond acceptors (Lipinski definition) is 3. The Hall–Kier alpha value is -4.41. The highest BCUT2D eigenvalue weighted by Gasteiger charge is 2.30. The molecule has 0 saturated heterocycles. The number of aromatic nitrogens is 1. The number of carbonyl (C=O) groups is 1. The summed E-state index contributed by atoms with van der Waals surface area (Å²) in [5, 5.41) is 4.38. The molecule has 0 radical (unpaired) electrons. The highest BCUT2D eigenvalue weighted by molar-refractivity contribution is 6.08. The molecule has 1 amide bonds. The van der Waals surface area contributed by atoms with Gasteiger partial charge in [0.05, 0.1) is 17.3 Å². The second-order valence-corrected chi connectivity index (χ2v) is 7.59. The Kier molecular flexibility index (Phi) is 6.65. The van der Waals surface area contributed by atoms with Gasteiger partial charge in [0, 0.05) is 17.1 Å². The zero-order chi connectivity index (χ0) is 25.9. The van der Waals surface area contributed by atoms with E-state index < -0.39 is 29.4 Å². The molecule has 184 valence electrons. The monoisotopic (exact) mass is 502 g/mol. The molecule has 1 aromatic heterocycles. The lowest BCUT2D eigenvalue weighted by molar-refractivity contribution is -0.138. The molecule has 0 saturated carbocycles. The van der Waals surface area contributed by atoms with Crippen molar-refractivity contribution in [3.63, 3.8) is 0 Å². The normalized spacial score (nSPS) is 12.6. The third kappa shape index (κ3) is 5.62. The summed E-state index contributed by atoms with van der Waals surface area (Å²) in [5.74, 6) is -0.672. The Morgan fingerprint density at radius 2 is 1.28 bits per heavy atom. The zero-order valence-electron chi connectivity index (χ0n) is 18.2. The number of amides is 1. The Morgan fingerprint density at radius 3 is 1.83 bits per heavy atom. The van der Waals surface area contributed by atoms with Crippen LogP contribution in [0.5, 0.6) is 0 Å². The lowest BCUT2D eigenvalue weighted by Crippen LogP contribution is -2.18. The first-order valence-electron chi connectivity index (χ1n) is 10.3. The lowest BCUT2D eigenvalue weighted by atomic mass is 10.1. The third-order valence-electron chi connectivity index (χ3n) is 5.10. The number of hydrogen-bond donors (Lipinski definition) is 2. The number of carbonyl (C=O) groups excluding carboxylic acids is 1. The van der Waals surface area contributed by atoms with Gasteiger partial charge in [-0.1, -0.05) is 42.5 Å². The van der Waals surface area contributed by atoms with Crippen LogP contribution in [0.2, 0.25) is 0 Å². The van der Waals surface area contributed by atoms with Crippen LogP contribution in [0.4, 0.5) is 32.0 Å². The van der Waals surface area contributed by atoms with Crippen molar-refractivity contribution in [3.8, 4) is 0 Å². The number of nitrogens with zero attached hydrogens (tertiary/aromatic N) is 2. The van der Waals surface area contributed by atoms with E-state index in [1.54, 1.807) is 24.3 Å². The van der Waals surface area contributed by atoms with Crippen molar-refractivity contribution in [1.82, 2.24) is 10.4 Å². The highest BCUT2D eigenvalue weighted by atomic mass is 19.4. The number of alkyl halides is 6. The number of rotatable bonds is 5. The van der Waals surface area contributed by atoms with E-state index in [9.17, 15) is 31.1 Å². The molecule has 0 aliphatic heterocycles. The molecule has 0 aliphatic rings. The van der Waals surface area contributed by atoms with Gasteiger partial charge in [-0.05, 0) is 41.5 Å². The molecule has 0 bridgehead atoms. The quantitative estimate of drug-likeness (QED) is 0.178. The summed E-state index contributed by atoms with van der Waals surface area (Å²) in [6.07, 6.45) is -6.40. The Labute approximate surface area is 200 Å². The van der Waals surface area contributed by atoms with E-state index in [1.807, 2.05) is 0 Å². The molecule has 0 atom stereocenters.